The van der Waals surface area contributed by atoms with Crippen molar-refractivity contribution in [2.75, 3.05) is 6.54 Å². The zero-order valence-corrected chi connectivity index (χ0v) is 14.0. The van der Waals surface area contributed by atoms with E-state index in [4.69, 9.17) is 0 Å². The molecule has 0 saturated heterocycles. The first kappa shape index (κ1) is 15.8. The average molecular weight is 306 g/mol. The van der Waals surface area contributed by atoms with Gasteiger partial charge in [-0.15, -0.1) is 0 Å². The molecule has 0 fully saturated rings. The second-order valence-electron chi connectivity index (χ2n) is 6.68. The lowest BCUT2D eigenvalue weighted by Crippen LogP contribution is -2.27. The Hall–Kier alpha value is -2.06. The predicted molar refractivity (Wildman–Crippen MR) is 98.5 cm³/mol. The molecule has 120 valence electrons. The summed E-state index contributed by atoms with van der Waals surface area (Å²) >= 11 is 0. The van der Waals surface area contributed by atoms with E-state index in [1.54, 1.807) is 0 Å². The molecule has 0 bridgehead atoms. The number of aromatic nitrogens is 1. The van der Waals surface area contributed by atoms with E-state index in [-0.39, 0.29) is 0 Å². The van der Waals surface area contributed by atoms with Gasteiger partial charge in [-0.1, -0.05) is 62.4 Å². The van der Waals surface area contributed by atoms with Gasteiger partial charge in [0, 0.05) is 23.6 Å². The van der Waals surface area contributed by atoms with Crippen molar-refractivity contribution in [2.24, 2.45) is 11.8 Å². The maximum atomic E-state index is 3.63. The normalized spacial score (nSPS) is 12.8. The standard InChI is InChI=1S/C21H26N2/c1-16(2)18(14-22-13-17-8-4-3-5-9-17)12-19-15-23-21-11-7-6-10-20(19)21/h3-11,15-16,18,22-23H,12-14H2,1-2H3/t18-/m0/s1. The zero-order chi connectivity index (χ0) is 16.1. The second-order valence-corrected chi connectivity index (χ2v) is 6.68. The lowest BCUT2D eigenvalue weighted by atomic mass is 9.89. The highest BCUT2D eigenvalue weighted by molar-refractivity contribution is 5.83. The summed E-state index contributed by atoms with van der Waals surface area (Å²) in [5.74, 6) is 1.30. The van der Waals surface area contributed by atoms with E-state index in [1.165, 1.54) is 22.0 Å². The quantitative estimate of drug-likeness (QED) is 0.646. The van der Waals surface area contributed by atoms with Crippen molar-refractivity contribution >= 4 is 10.9 Å². The monoisotopic (exact) mass is 306 g/mol. The van der Waals surface area contributed by atoms with Crippen molar-refractivity contribution in [1.82, 2.24) is 10.3 Å². The minimum absolute atomic E-state index is 0.637. The van der Waals surface area contributed by atoms with E-state index in [1.807, 2.05) is 0 Å². The van der Waals surface area contributed by atoms with Gasteiger partial charge in [-0.3, -0.25) is 0 Å². The second kappa shape index (κ2) is 7.47. The van der Waals surface area contributed by atoms with E-state index in [0.29, 0.717) is 11.8 Å². The number of rotatable bonds is 7. The Morgan fingerprint density at radius 1 is 0.957 bits per heavy atom. The maximum Gasteiger partial charge on any atom is 0.0456 e. The summed E-state index contributed by atoms with van der Waals surface area (Å²) in [7, 11) is 0. The van der Waals surface area contributed by atoms with Gasteiger partial charge in [0.15, 0.2) is 0 Å². The number of hydrogen-bond donors (Lipinski definition) is 2. The Kier molecular flexibility index (Phi) is 5.14. The molecule has 3 aromatic rings. The third kappa shape index (κ3) is 4.02. The molecule has 2 aromatic carbocycles. The lowest BCUT2D eigenvalue weighted by molar-refractivity contribution is 0.360. The summed E-state index contributed by atoms with van der Waals surface area (Å²) in [5.41, 5.74) is 4.02. The summed E-state index contributed by atoms with van der Waals surface area (Å²) in [4.78, 5) is 3.39. The molecule has 1 atom stereocenters. The van der Waals surface area contributed by atoms with Crippen molar-refractivity contribution in [1.29, 1.82) is 0 Å². The van der Waals surface area contributed by atoms with Gasteiger partial charge < -0.3 is 10.3 Å². The number of para-hydroxylation sites is 1. The number of benzene rings is 2. The van der Waals surface area contributed by atoms with Crippen molar-refractivity contribution < 1.29 is 0 Å². The van der Waals surface area contributed by atoms with Crippen LogP contribution in [0.2, 0.25) is 0 Å². The van der Waals surface area contributed by atoms with E-state index in [2.05, 4.69) is 84.9 Å². The first-order chi connectivity index (χ1) is 11.2. The molecule has 0 saturated carbocycles. The van der Waals surface area contributed by atoms with Crippen molar-refractivity contribution in [3.05, 3.63) is 71.9 Å². The van der Waals surface area contributed by atoms with Crippen molar-refractivity contribution in [2.45, 2.75) is 26.8 Å². The molecule has 0 unspecified atom stereocenters. The molecular formula is C21H26N2. The van der Waals surface area contributed by atoms with E-state index in [0.717, 1.165) is 19.5 Å². The number of hydrogen-bond acceptors (Lipinski definition) is 1. The largest absolute Gasteiger partial charge is 0.361 e. The molecule has 23 heavy (non-hydrogen) atoms. The number of H-pyrrole nitrogens is 1. The Morgan fingerprint density at radius 3 is 2.48 bits per heavy atom. The minimum Gasteiger partial charge on any atom is -0.361 e. The Balaban J connectivity index is 1.63. The van der Waals surface area contributed by atoms with Gasteiger partial charge in [0.25, 0.3) is 0 Å². The van der Waals surface area contributed by atoms with Crippen LogP contribution in [-0.2, 0) is 13.0 Å². The molecule has 0 radical (unpaired) electrons. The van der Waals surface area contributed by atoms with Crippen LogP contribution in [0.15, 0.2) is 60.8 Å². The molecule has 0 aliphatic rings. The van der Waals surface area contributed by atoms with Crippen LogP contribution >= 0.6 is 0 Å². The van der Waals surface area contributed by atoms with Crippen molar-refractivity contribution in [3.8, 4) is 0 Å². The molecule has 2 N–H and O–H groups in total. The summed E-state index contributed by atoms with van der Waals surface area (Å²) in [6.07, 6.45) is 3.29. The van der Waals surface area contributed by atoms with Gasteiger partial charge in [0.05, 0.1) is 0 Å². The third-order valence-electron chi connectivity index (χ3n) is 4.68. The molecule has 2 nitrogen and oxygen atoms in total. The fraction of sp³-hybridized carbons (Fsp3) is 0.333. The minimum atomic E-state index is 0.637. The topological polar surface area (TPSA) is 27.8 Å². The number of aromatic amines is 1. The van der Waals surface area contributed by atoms with Crippen LogP contribution in [0.25, 0.3) is 10.9 Å². The lowest BCUT2D eigenvalue weighted by Gasteiger charge is -2.21. The average Bonchev–Trinajstić information content (AvgIpc) is 2.98. The Bertz CT molecular complexity index is 728. The molecule has 0 amide bonds. The smallest absolute Gasteiger partial charge is 0.0456 e. The van der Waals surface area contributed by atoms with Crippen LogP contribution in [0.1, 0.15) is 25.0 Å². The van der Waals surface area contributed by atoms with Gasteiger partial charge >= 0.3 is 0 Å². The first-order valence-electron chi connectivity index (χ1n) is 8.53. The highest BCUT2D eigenvalue weighted by Gasteiger charge is 2.16. The van der Waals surface area contributed by atoms with Gasteiger partial charge in [0.1, 0.15) is 0 Å². The third-order valence-corrected chi connectivity index (χ3v) is 4.68. The summed E-state index contributed by atoms with van der Waals surface area (Å²) in [5, 5.41) is 5.00. The SMILES string of the molecule is CC(C)[C@H](CNCc1ccccc1)Cc1c[nH]c2ccccc12. The van der Waals surface area contributed by atoms with E-state index >= 15 is 0 Å². The molecule has 2 heteroatoms. The number of nitrogens with one attached hydrogen (secondary N) is 2. The molecule has 1 heterocycles. The fourth-order valence-corrected chi connectivity index (χ4v) is 3.12. The van der Waals surface area contributed by atoms with Gasteiger partial charge in [-0.2, -0.15) is 0 Å². The predicted octanol–water partition coefficient (Wildman–Crippen LogP) is 4.77. The molecule has 0 spiro atoms. The highest BCUT2D eigenvalue weighted by atomic mass is 14.9. The highest BCUT2D eigenvalue weighted by Crippen LogP contribution is 2.23. The summed E-state index contributed by atoms with van der Waals surface area (Å²) in [6.45, 7) is 6.64. The fourth-order valence-electron chi connectivity index (χ4n) is 3.12. The summed E-state index contributed by atoms with van der Waals surface area (Å²) < 4.78 is 0. The van der Waals surface area contributed by atoms with Crippen LogP contribution in [0.3, 0.4) is 0 Å². The van der Waals surface area contributed by atoms with Crippen LogP contribution in [0.4, 0.5) is 0 Å². The maximum absolute atomic E-state index is 3.63. The van der Waals surface area contributed by atoms with Crippen molar-refractivity contribution in [3.63, 3.8) is 0 Å². The van der Waals surface area contributed by atoms with Crippen LogP contribution in [-0.4, -0.2) is 11.5 Å². The molecule has 1 aromatic heterocycles. The van der Waals surface area contributed by atoms with E-state index < -0.39 is 0 Å². The summed E-state index contributed by atoms with van der Waals surface area (Å²) in [6, 6.07) is 19.2. The van der Waals surface area contributed by atoms with Crippen LogP contribution in [0, 0.1) is 11.8 Å². The Labute approximate surface area is 138 Å². The molecule has 0 aliphatic heterocycles. The van der Waals surface area contributed by atoms with Gasteiger partial charge in [-0.05, 0) is 42.0 Å². The Morgan fingerprint density at radius 2 is 1.70 bits per heavy atom. The van der Waals surface area contributed by atoms with Gasteiger partial charge in [-0.25, -0.2) is 0 Å². The molecular weight excluding hydrogens is 280 g/mol. The zero-order valence-electron chi connectivity index (χ0n) is 14.0. The first-order valence-corrected chi connectivity index (χ1v) is 8.53. The van der Waals surface area contributed by atoms with Crippen LogP contribution < -0.4 is 5.32 Å². The molecule has 0 aliphatic carbocycles. The van der Waals surface area contributed by atoms with E-state index in [9.17, 15) is 0 Å². The van der Waals surface area contributed by atoms with Gasteiger partial charge in [0.2, 0.25) is 0 Å². The van der Waals surface area contributed by atoms with Crippen LogP contribution in [0.5, 0.6) is 0 Å². The number of fused-ring (bicyclic) bond motifs is 1. The molecule has 3 rings (SSSR count).